The number of hydrogen-bond donors (Lipinski definition) is 1. The van der Waals surface area contributed by atoms with Crippen LogP contribution in [0.15, 0.2) is 57.9 Å². The number of amides is 1. The highest BCUT2D eigenvalue weighted by molar-refractivity contribution is 7.98. The smallest absolute Gasteiger partial charge is 0.292 e. The van der Waals surface area contributed by atoms with Crippen LogP contribution in [0.3, 0.4) is 0 Å². The summed E-state index contributed by atoms with van der Waals surface area (Å²) in [5.74, 6) is -0.677. The summed E-state index contributed by atoms with van der Waals surface area (Å²) >= 11 is 1.66. The summed E-state index contributed by atoms with van der Waals surface area (Å²) in [4.78, 5) is 17.3. The highest BCUT2D eigenvalue weighted by Gasteiger charge is 2.15. The van der Waals surface area contributed by atoms with Crippen LogP contribution in [0, 0.1) is 5.82 Å². The molecule has 24 heavy (non-hydrogen) atoms. The van der Waals surface area contributed by atoms with Gasteiger partial charge in [-0.15, -0.1) is 11.8 Å². The number of thioether (sulfide) groups is 1. The Labute approximate surface area is 142 Å². The molecular formula is C17H14FN3O2S. The molecule has 0 aliphatic heterocycles. The van der Waals surface area contributed by atoms with Crippen LogP contribution in [0.4, 0.5) is 4.39 Å². The molecule has 0 saturated heterocycles. The highest BCUT2D eigenvalue weighted by Crippen LogP contribution is 2.17. The zero-order chi connectivity index (χ0) is 16.9. The van der Waals surface area contributed by atoms with Gasteiger partial charge in [0.15, 0.2) is 0 Å². The Kier molecular flexibility index (Phi) is 4.90. The second kappa shape index (κ2) is 7.27. The number of nitrogens with zero attached hydrogens (tertiary/aromatic N) is 2. The Bertz CT molecular complexity index is 832. The molecule has 0 bridgehead atoms. The van der Waals surface area contributed by atoms with Gasteiger partial charge in [0.1, 0.15) is 5.82 Å². The standard InChI is InChI=1S/C17H14FN3O2S/c1-24-14-8-2-11(3-9-14)10-19-16(22)15-20-17(23-21-15)12-4-6-13(18)7-5-12/h2-9H,10H2,1H3,(H,19,22). The van der Waals surface area contributed by atoms with Gasteiger partial charge in [0.05, 0.1) is 0 Å². The molecular weight excluding hydrogens is 329 g/mol. The number of hydrogen-bond acceptors (Lipinski definition) is 5. The van der Waals surface area contributed by atoms with Crippen molar-refractivity contribution in [2.75, 3.05) is 6.26 Å². The van der Waals surface area contributed by atoms with Gasteiger partial charge >= 0.3 is 0 Å². The number of carbonyl (C=O) groups excluding carboxylic acids is 1. The number of nitrogens with one attached hydrogen (secondary N) is 1. The zero-order valence-electron chi connectivity index (χ0n) is 12.8. The van der Waals surface area contributed by atoms with Gasteiger partial charge in [-0.1, -0.05) is 17.3 Å². The van der Waals surface area contributed by atoms with E-state index >= 15 is 0 Å². The summed E-state index contributed by atoms with van der Waals surface area (Å²) in [6.07, 6.45) is 2.01. The van der Waals surface area contributed by atoms with Crippen molar-refractivity contribution in [3.8, 4) is 11.5 Å². The van der Waals surface area contributed by atoms with E-state index in [0.29, 0.717) is 12.1 Å². The molecule has 0 fully saturated rings. The predicted molar refractivity (Wildman–Crippen MR) is 89.1 cm³/mol. The van der Waals surface area contributed by atoms with E-state index in [9.17, 15) is 9.18 Å². The summed E-state index contributed by atoms with van der Waals surface area (Å²) in [6.45, 7) is 0.369. The van der Waals surface area contributed by atoms with E-state index < -0.39 is 5.91 Å². The van der Waals surface area contributed by atoms with Gasteiger partial charge in [-0.2, -0.15) is 4.98 Å². The highest BCUT2D eigenvalue weighted by atomic mass is 32.2. The van der Waals surface area contributed by atoms with Gasteiger partial charge in [0, 0.05) is 17.0 Å². The molecule has 1 aromatic heterocycles. The molecule has 0 unspecified atom stereocenters. The van der Waals surface area contributed by atoms with Crippen molar-refractivity contribution in [2.24, 2.45) is 0 Å². The first-order valence-electron chi connectivity index (χ1n) is 7.16. The average molecular weight is 343 g/mol. The Balaban J connectivity index is 1.64. The molecule has 0 aliphatic carbocycles. The van der Waals surface area contributed by atoms with E-state index in [1.807, 2.05) is 30.5 Å². The molecule has 5 nitrogen and oxygen atoms in total. The first kappa shape index (κ1) is 16.2. The van der Waals surface area contributed by atoms with E-state index in [-0.39, 0.29) is 17.5 Å². The molecule has 3 rings (SSSR count). The molecule has 0 spiro atoms. The molecule has 0 atom stereocenters. The largest absolute Gasteiger partial charge is 0.345 e. The van der Waals surface area contributed by atoms with Crippen LogP contribution in [0.1, 0.15) is 16.2 Å². The Morgan fingerprint density at radius 3 is 2.54 bits per heavy atom. The van der Waals surface area contributed by atoms with E-state index in [0.717, 1.165) is 10.5 Å². The van der Waals surface area contributed by atoms with E-state index in [1.54, 1.807) is 11.8 Å². The second-order valence-electron chi connectivity index (χ2n) is 4.96. The SMILES string of the molecule is CSc1ccc(CNC(=O)c2noc(-c3ccc(F)cc3)n2)cc1. The molecule has 122 valence electrons. The minimum atomic E-state index is -0.430. The van der Waals surface area contributed by atoms with Crippen LogP contribution >= 0.6 is 11.8 Å². The van der Waals surface area contributed by atoms with Gasteiger partial charge < -0.3 is 9.84 Å². The molecule has 2 aromatic carbocycles. The van der Waals surface area contributed by atoms with Crippen molar-refractivity contribution in [3.63, 3.8) is 0 Å². The number of benzene rings is 2. The maximum atomic E-state index is 12.9. The van der Waals surface area contributed by atoms with Crippen LogP contribution < -0.4 is 5.32 Å². The minimum absolute atomic E-state index is 0.0601. The summed E-state index contributed by atoms with van der Waals surface area (Å²) < 4.78 is 18.0. The Morgan fingerprint density at radius 1 is 1.17 bits per heavy atom. The monoisotopic (exact) mass is 343 g/mol. The molecule has 0 radical (unpaired) electrons. The minimum Gasteiger partial charge on any atom is -0.345 e. The van der Waals surface area contributed by atoms with Crippen molar-refractivity contribution in [3.05, 3.63) is 65.7 Å². The number of halogens is 1. The van der Waals surface area contributed by atoms with Crippen molar-refractivity contribution >= 4 is 17.7 Å². The van der Waals surface area contributed by atoms with Crippen molar-refractivity contribution in [2.45, 2.75) is 11.4 Å². The zero-order valence-corrected chi connectivity index (χ0v) is 13.6. The van der Waals surface area contributed by atoms with Crippen LogP contribution in [0.5, 0.6) is 0 Å². The maximum Gasteiger partial charge on any atom is 0.292 e. The first-order chi connectivity index (χ1) is 11.7. The fraction of sp³-hybridized carbons (Fsp3) is 0.118. The van der Waals surface area contributed by atoms with Gasteiger partial charge in [-0.25, -0.2) is 4.39 Å². The third kappa shape index (κ3) is 3.80. The Hall–Kier alpha value is -2.67. The first-order valence-corrected chi connectivity index (χ1v) is 8.39. The van der Waals surface area contributed by atoms with Gasteiger partial charge in [-0.3, -0.25) is 4.79 Å². The molecule has 1 N–H and O–H groups in total. The molecule has 7 heteroatoms. The number of rotatable bonds is 5. The summed E-state index contributed by atoms with van der Waals surface area (Å²) in [7, 11) is 0. The molecule has 0 saturated carbocycles. The maximum absolute atomic E-state index is 12.9. The van der Waals surface area contributed by atoms with Crippen molar-refractivity contribution in [1.29, 1.82) is 0 Å². The van der Waals surface area contributed by atoms with Gasteiger partial charge in [0.25, 0.3) is 17.6 Å². The molecule has 1 amide bonds. The van der Waals surface area contributed by atoms with Gasteiger partial charge in [0.2, 0.25) is 0 Å². The lowest BCUT2D eigenvalue weighted by atomic mass is 10.2. The summed E-state index contributed by atoms with van der Waals surface area (Å²) in [6, 6.07) is 13.5. The van der Waals surface area contributed by atoms with E-state index in [2.05, 4.69) is 15.5 Å². The number of aromatic nitrogens is 2. The normalized spacial score (nSPS) is 10.6. The van der Waals surface area contributed by atoms with Gasteiger partial charge in [-0.05, 0) is 48.2 Å². The lowest BCUT2D eigenvalue weighted by Gasteiger charge is -2.03. The van der Waals surface area contributed by atoms with Crippen LogP contribution in [0.2, 0.25) is 0 Å². The molecule has 3 aromatic rings. The third-order valence-electron chi connectivity index (χ3n) is 3.33. The fourth-order valence-electron chi connectivity index (χ4n) is 2.03. The predicted octanol–water partition coefficient (Wildman–Crippen LogP) is 3.53. The van der Waals surface area contributed by atoms with Crippen molar-refractivity contribution in [1.82, 2.24) is 15.5 Å². The summed E-state index contributed by atoms with van der Waals surface area (Å²) in [5.41, 5.74) is 1.53. The number of carbonyl (C=O) groups is 1. The fourth-order valence-corrected chi connectivity index (χ4v) is 2.44. The lowest BCUT2D eigenvalue weighted by molar-refractivity contribution is 0.0937. The average Bonchev–Trinajstić information content (AvgIpc) is 3.11. The topological polar surface area (TPSA) is 68.0 Å². The van der Waals surface area contributed by atoms with Crippen LogP contribution in [-0.2, 0) is 6.54 Å². The third-order valence-corrected chi connectivity index (χ3v) is 4.08. The van der Waals surface area contributed by atoms with E-state index in [1.165, 1.54) is 24.3 Å². The summed E-state index contributed by atoms with van der Waals surface area (Å²) in [5, 5.41) is 6.40. The van der Waals surface area contributed by atoms with E-state index in [4.69, 9.17) is 4.52 Å². The molecule has 0 aliphatic rings. The Morgan fingerprint density at radius 2 is 1.88 bits per heavy atom. The quantitative estimate of drug-likeness (QED) is 0.718. The van der Waals surface area contributed by atoms with Crippen molar-refractivity contribution < 1.29 is 13.7 Å². The lowest BCUT2D eigenvalue weighted by Crippen LogP contribution is -2.23. The second-order valence-corrected chi connectivity index (χ2v) is 5.84. The van der Waals surface area contributed by atoms with Crippen LogP contribution in [-0.4, -0.2) is 22.3 Å². The molecule has 1 heterocycles. The van der Waals surface area contributed by atoms with Crippen LogP contribution in [0.25, 0.3) is 11.5 Å².